The Morgan fingerprint density at radius 1 is 1.50 bits per heavy atom. The van der Waals surface area contributed by atoms with Gasteiger partial charge in [-0.15, -0.1) is 0 Å². The molecule has 0 bridgehead atoms. The number of nitrogens with one attached hydrogen (secondary N) is 1. The Hall–Kier alpha value is -0.460. The topological polar surface area (TPSA) is 12.0 Å². The van der Waals surface area contributed by atoms with Gasteiger partial charge in [0.1, 0.15) is 0 Å². The molecular formula is C7H15N. The Labute approximate surface area is 51.8 Å². The zero-order valence-corrected chi connectivity index (χ0v) is 5.94. The molecule has 0 aromatic carbocycles. The summed E-state index contributed by atoms with van der Waals surface area (Å²) in [5, 5.41) is 3.15. The summed E-state index contributed by atoms with van der Waals surface area (Å²) < 4.78 is 0. The van der Waals surface area contributed by atoms with E-state index in [2.05, 4.69) is 19.2 Å². The van der Waals surface area contributed by atoms with E-state index in [1.807, 2.05) is 19.2 Å². The normalized spacial score (nSPS) is 11.0. The first-order valence-electron chi connectivity index (χ1n) is 3.12. The standard InChI is InChI=1S/C7H15N/c1-4-5-8-6-7(2)3/h4-5,7-8H,6H2,1-3H3/b5-4+. The molecule has 0 fully saturated rings. The maximum absolute atomic E-state index is 3.15. The van der Waals surface area contributed by atoms with Gasteiger partial charge >= 0.3 is 0 Å². The van der Waals surface area contributed by atoms with E-state index < -0.39 is 0 Å². The SMILES string of the molecule is C/C=C/NCC(C)C. The second-order valence-corrected chi connectivity index (χ2v) is 2.30. The van der Waals surface area contributed by atoms with Gasteiger partial charge in [0.05, 0.1) is 0 Å². The average Bonchev–Trinajstić information content (AvgIpc) is 1.66. The molecule has 0 saturated carbocycles. The minimum absolute atomic E-state index is 0.742. The summed E-state index contributed by atoms with van der Waals surface area (Å²) in [4.78, 5) is 0. The molecule has 0 radical (unpaired) electrons. The third kappa shape index (κ3) is 5.54. The molecule has 1 nitrogen and oxygen atoms in total. The van der Waals surface area contributed by atoms with E-state index >= 15 is 0 Å². The Balaban J connectivity index is 2.93. The van der Waals surface area contributed by atoms with Crippen molar-refractivity contribution >= 4 is 0 Å². The minimum atomic E-state index is 0.742. The molecule has 48 valence electrons. The van der Waals surface area contributed by atoms with Crippen molar-refractivity contribution in [2.24, 2.45) is 5.92 Å². The van der Waals surface area contributed by atoms with Crippen molar-refractivity contribution in [3.8, 4) is 0 Å². The third-order valence-electron chi connectivity index (χ3n) is 0.811. The molecule has 0 unspecified atom stereocenters. The number of rotatable bonds is 3. The zero-order chi connectivity index (χ0) is 6.41. The van der Waals surface area contributed by atoms with E-state index in [4.69, 9.17) is 0 Å². The lowest BCUT2D eigenvalue weighted by molar-refractivity contribution is 0.611. The van der Waals surface area contributed by atoms with E-state index in [0.717, 1.165) is 12.5 Å². The van der Waals surface area contributed by atoms with E-state index in [1.54, 1.807) is 0 Å². The van der Waals surface area contributed by atoms with Crippen LogP contribution in [-0.2, 0) is 0 Å². The van der Waals surface area contributed by atoms with Crippen LogP contribution in [0.1, 0.15) is 20.8 Å². The highest BCUT2D eigenvalue weighted by Gasteiger charge is 1.85. The zero-order valence-electron chi connectivity index (χ0n) is 5.94. The summed E-state index contributed by atoms with van der Waals surface area (Å²) in [5.74, 6) is 0.742. The predicted octanol–water partition coefficient (Wildman–Crippen LogP) is 1.77. The highest BCUT2D eigenvalue weighted by atomic mass is 14.8. The van der Waals surface area contributed by atoms with Gasteiger partial charge in [0, 0.05) is 6.54 Å². The van der Waals surface area contributed by atoms with Gasteiger partial charge in [0.15, 0.2) is 0 Å². The van der Waals surface area contributed by atoms with Crippen molar-refractivity contribution in [3.05, 3.63) is 12.3 Å². The molecule has 0 aromatic rings. The molecule has 0 aromatic heterocycles. The summed E-state index contributed by atoms with van der Waals surface area (Å²) in [7, 11) is 0. The van der Waals surface area contributed by atoms with Crippen LogP contribution in [0.2, 0.25) is 0 Å². The van der Waals surface area contributed by atoms with Gasteiger partial charge in [-0.2, -0.15) is 0 Å². The van der Waals surface area contributed by atoms with Crippen LogP contribution >= 0.6 is 0 Å². The van der Waals surface area contributed by atoms with Gasteiger partial charge in [-0.25, -0.2) is 0 Å². The van der Waals surface area contributed by atoms with Crippen molar-refractivity contribution in [2.45, 2.75) is 20.8 Å². The lowest BCUT2D eigenvalue weighted by Gasteiger charge is -2.01. The minimum Gasteiger partial charge on any atom is -0.391 e. The van der Waals surface area contributed by atoms with Gasteiger partial charge in [0.25, 0.3) is 0 Å². The fourth-order valence-electron chi connectivity index (χ4n) is 0.422. The van der Waals surface area contributed by atoms with Crippen LogP contribution in [0.5, 0.6) is 0 Å². The van der Waals surface area contributed by atoms with Crippen LogP contribution in [-0.4, -0.2) is 6.54 Å². The Morgan fingerprint density at radius 2 is 2.12 bits per heavy atom. The molecule has 0 aliphatic heterocycles. The molecule has 0 rings (SSSR count). The van der Waals surface area contributed by atoms with Crippen LogP contribution in [0.3, 0.4) is 0 Å². The average molecular weight is 113 g/mol. The molecule has 0 aliphatic rings. The van der Waals surface area contributed by atoms with Crippen molar-refractivity contribution < 1.29 is 0 Å². The van der Waals surface area contributed by atoms with Crippen LogP contribution in [0.25, 0.3) is 0 Å². The summed E-state index contributed by atoms with van der Waals surface area (Å²) in [6.07, 6.45) is 3.97. The number of hydrogen-bond donors (Lipinski definition) is 1. The van der Waals surface area contributed by atoms with Crippen molar-refractivity contribution in [2.75, 3.05) is 6.54 Å². The first-order chi connectivity index (χ1) is 3.77. The molecular weight excluding hydrogens is 98.1 g/mol. The van der Waals surface area contributed by atoms with E-state index in [1.165, 1.54) is 0 Å². The van der Waals surface area contributed by atoms with E-state index in [0.29, 0.717) is 0 Å². The lowest BCUT2D eigenvalue weighted by Crippen LogP contribution is -2.12. The molecule has 0 amide bonds. The van der Waals surface area contributed by atoms with Crippen LogP contribution < -0.4 is 5.32 Å². The summed E-state index contributed by atoms with van der Waals surface area (Å²) >= 11 is 0. The molecule has 0 spiro atoms. The maximum Gasteiger partial charge on any atom is 0.0164 e. The van der Waals surface area contributed by atoms with Gasteiger partial charge in [-0.05, 0) is 19.0 Å². The van der Waals surface area contributed by atoms with Crippen molar-refractivity contribution in [1.29, 1.82) is 0 Å². The molecule has 8 heavy (non-hydrogen) atoms. The lowest BCUT2D eigenvalue weighted by atomic mass is 10.2. The van der Waals surface area contributed by atoms with Crippen LogP contribution in [0.4, 0.5) is 0 Å². The summed E-state index contributed by atoms with van der Waals surface area (Å²) in [6.45, 7) is 7.46. The van der Waals surface area contributed by atoms with Gasteiger partial charge in [-0.3, -0.25) is 0 Å². The van der Waals surface area contributed by atoms with E-state index in [9.17, 15) is 0 Å². The van der Waals surface area contributed by atoms with Gasteiger partial charge in [-0.1, -0.05) is 19.9 Å². The van der Waals surface area contributed by atoms with Gasteiger partial charge < -0.3 is 5.32 Å². The highest BCUT2D eigenvalue weighted by Crippen LogP contribution is 1.85. The molecule has 0 aliphatic carbocycles. The second-order valence-electron chi connectivity index (χ2n) is 2.30. The monoisotopic (exact) mass is 113 g/mol. The molecule has 0 heterocycles. The predicted molar refractivity (Wildman–Crippen MR) is 37.7 cm³/mol. The quantitative estimate of drug-likeness (QED) is 0.588. The molecule has 1 heteroatoms. The Morgan fingerprint density at radius 3 is 2.50 bits per heavy atom. The van der Waals surface area contributed by atoms with Crippen molar-refractivity contribution in [3.63, 3.8) is 0 Å². The number of allylic oxidation sites excluding steroid dienone is 1. The first kappa shape index (κ1) is 7.54. The third-order valence-corrected chi connectivity index (χ3v) is 0.811. The van der Waals surface area contributed by atoms with Crippen LogP contribution in [0, 0.1) is 5.92 Å². The van der Waals surface area contributed by atoms with Crippen molar-refractivity contribution in [1.82, 2.24) is 5.32 Å². The summed E-state index contributed by atoms with van der Waals surface area (Å²) in [6, 6.07) is 0. The highest BCUT2D eigenvalue weighted by molar-refractivity contribution is 4.73. The molecule has 0 atom stereocenters. The first-order valence-corrected chi connectivity index (χ1v) is 3.12. The smallest absolute Gasteiger partial charge is 0.0164 e. The molecule has 0 saturated heterocycles. The number of hydrogen-bond acceptors (Lipinski definition) is 1. The van der Waals surface area contributed by atoms with E-state index in [-0.39, 0.29) is 0 Å². The molecule has 1 N–H and O–H groups in total. The Bertz CT molecular complexity index is 64.8. The van der Waals surface area contributed by atoms with Gasteiger partial charge in [0.2, 0.25) is 0 Å². The largest absolute Gasteiger partial charge is 0.391 e. The van der Waals surface area contributed by atoms with Crippen LogP contribution in [0.15, 0.2) is 12.3 Å². The maximum atomic E-state index is 3.15. The fourth-order valence-corrected chi connectivity index (χ4v) is 0.422. The Kier molecular flexibility index (Phi) is 4.42. The summed E-state index contributed by atoms with van der Waals surface area (Å²) in [5.41, 5.74) is 0. The second kappa shape index (κ2) is 4.69. The fraction of sp³-hybridized carbons (Fsp3) is 0.714.